The Kier molecular flexibility index (Phi) is 5.14. The highest BCUT2D eigenvalue weighted by Crippen LogP contribution is 2.03. The predicted octanol–water partition coefficient (Wildman–Crippen LogP) is 0.128. The summed E-state index contributed by atoms with van der Waals surface area (Å²) in [5.41, 5.74) is -0.129. The lowest BCUT2D eigenvalue weighted by Gasteiger charge is -2.12. The van der Waals surface area contributed by atoms with Gasteiger partial charge in [0.1, 0.15) is 5.76 Å². The summed E-state index contributed by atoms with van der Waals surface area (Å²) < 4.78 is 17.4. The Hall–Kier alpha value is -2.11. The molecule has 5 nitrogen and oxygen atoms in total. The summed E-state index contributed by atoms with van der Waals surface area (Å²) in [4.78, 5) is 12.0. The fraction of sp³-hybridized carbons (Fsp3) is 0.312. The van der Waals surface area contributed by atoms with Gasteiger partial charge in [-0.05, 0) is 29.5 Å². The molecule has 2 heterocycles. The van der Waals surface area contributed by atoms with Crippen molar-refractivity contribution >= 4 is 12.7 Å². The molecule has 0 N–H and O–H groups in total. The van der Waals surface area contributed by atoms with Crippen LogP contribution in [0.5, 0.6) is 0 Å². The van der Waals surface area contributed by atoms with Crippen molar-refractivity contribution in [3.8, 4) is 0 Å². The number of hydrogen-bond donors (Lipinski definition) is 0. The Balaban J connectivity index is 2.38. The second-order valence-corrected chi connectivity index (χ2v) is 4.50. The summed E-state index contributed by atoms with van der Waals surface area (Å²) in [7, 11) is 1.57. The summed E-state index contributed by atoms with van der Waals surface area (Å²) in [5.74, 6) is 0.634. The van der Waals surface area contributed by atoms with Gasteiger partial charge >= 0.3 is 0 Å². The lowest BCUT2D eigenvalue weighted by Crippen LogP contribution is -2.44. The number of methoxy groups -OCH3 is 1. The van der Waals surface area contributed by atoms with Crippen LogP contribution in [-0.4, -0.2) is 31.2 Å². The summed E-state index contributed by atoms with van der Waals surface area (Å²) in [6, 6.07) is 3.23. The molecule has 2 rings (SSSR count). The van der Waals surface area contributed by atoms with Crippen LogP contribution in [0.15, 0.2) is 41.4 Å². The van der Waals surface area contributed by atoms with Gasteiger partial charge in [0.15, 0.2) is 6.29 Å². The standard InChI is InChI=1S/C16H19NO4/c1-4-14(19-3)7-5-13-6-8-15(18)17(12(13)2)11-16-20-9-10-21-16/h4-8,16H,1-2,9-11H2,3H3/b13-5-,14-7+. The zero-order valence-corrected chi connectivity index (χ0v) is 12.1. The lowest BCUT2D eigenvalue weighted by atomic mass is 10.3. The first-order valence-electron chi connectivity index (χ1n) is 6.66. The van der Waals surface area contributed by atoms with Crippen LogP contribution < -0.4 is 16.1 Å². The summed E-state index contributed by atoms with van der Waals surface area (Å²) in [6.07, 6.45) is 4.82. The predicted molar refractivity (Wildman–Crippen MR) is 80.9 cm³/mol. The molecular weight excluding hydrogens is 270 g/mol. The number of nitrogens with zero attached hydrogens (tertiary/aromatic N) is 1. The molecule has 1 saturated heterocycles. The van der Waals surface area contributed by atoms with Gasteiger partial charge in [-0.25, -0.2) is 0 Å². The summed E-state index contributed by atoms with van der Waals surface area (Å²) in [5, 5.41) is 1.43. The molecule has 0 spiro atoms. The van der Waals surface area contributed by atoms with E-state index in [2.05, 4.69) is 13.2 Å². The zero-order valence-electron chi connectivity index (χ0n) is 12.1. The number of ether oxygens (including phenoxy) is 3. The maximum atomic E-state index is 12.0. The first-order valence-corrected chi connectivity index (χ1v) is 6.66. The van der Waals surface area contributed by atoms with Crippen molar-refractivity contribution < 1.29 is 14.2 Å². The molecule has 112 valence electrons. The molecule has 0 atom stereocenters. The van der Waals surface area contributed by atoms with Crippen LogP contribution in [0, 0.1) is 0 Å². The first-order chi connectivity index (χ1) is 10.2. The van der Waals surface area contributed by atoms with Crippen LogP contribution in [0.4, 0.5) is 0 Å². The van der Waals surface area contributed by atoms with E-state index >= 15 is 0 Å². The molecule has 1 aromatic rings. The Morgan fingerprint density at radius 3 is 2.81 bits per heavy atom. The highest BCUT2D eigenvalue weighted by atomic mass is 16.7. The molecule has 0 radical (unpaired) electrons. The second-order valence-electron chi connectivity index (χ2n) is 4.50. The molecule has 0 saturated carbocycles. The molecule has 0 amide bonds. The van der Waals surface area contributed by atoms with Crippen LogP contribution in [0.25, 0.3) is 12.7 Å². The van der Waals surface area contributed by atoms with E-state index < -0.39 is 6.29 Å². The quantitative estimate of drug-likeness (QED) is 0.571. The Morgan fingerprint density at radius 1 is 1.48 bits per heavy atom. The van der Waals surface area contributed by atoms with Gasteiger partial charge in [-0.2, -0.15) is 0 Å². The molecule has 1 aliphatic heterocycles. The summed E-state index contributed by atoms with van der Waals surface area (Å²) in [6.45, 7) is 9.07. The van der Waals surface area contributed by atoms with E-state index in [4.69, 9.17) is 14.2 Å². The van der Waals surface area contributed by atoms with Crippen molar-refractivity contribution in [1.82, 2.24) is 4.57 Å². The monoisotopic (exact) mass is 289 g/mol. The van der Waals surface area contributed by atoms with Crippen molar-refractivity contribution in [1.29, 1.82) is 0 Å². The normalized spacial score (nSPS) is 17.2. The molecule has 0 aliphatic carbocycles. The highest BCUT2D eigenvalue weighted by molar-refractivity contribution is 5.40. The first kappa shape index (κ1) is 15.3. The van der Waals surface area contributed by atoms with Crippen molar-refractivity contribution in [3.05, 3.63) is 57.5 Å². The molecule has 21 heavy (non-hydrogen) atoms. The Labute approximate surface area is 123 Å². The third-order valence-electron chi connectivity index (χ3n) is 3.22. The van der Waals surface area contributed by atoms with E-state index in [0.717, 1.165) is 5.22 Å². The van der Waals surface area contributed by atoms with Gasteiger partial charge < -0.3 is 18.8 Å². The lowest BCUT2D eigenvalue weighted by molar-refractivity contribution is -0.0535. The fourth-order valence-electron chi connectivity index (χ4n) is 2.04. The topological polar surface area (TPSA) is 49.7 Å². The molecule has 0 unspecified atom stereocenters. The minimum atomic E-state index is -0.392. The Morgan fingerprint density at radius 2 is 2.19 bits per heavy atom. The van der Waals surface area contributed by atoms with Gasteiger partial charge in [0.25, 0.3) is 5.56 Å². The van der Waals surface area contributed by atoms with Crippen molar-refractivity contribution in [2.24, 2.45) is 0 Å². The van der Waals surface area contributed by atoms with Gasteiger partial charge in [0, 0.05) is 11.4 Å². The Bertz CT molecular complexity index is 696. The van der Waals surface area contributed by atoms with E-state index in [-0.39, 0.29) is 5.56 Å². The molecular formula is C16H19NO4. The van der Waals surface area contributed by atoms with E-state index in [0.29, 0.717) is 30.9 Å². The van der Waals surface area contributed by atoms with Gasteiger partial charge in [0.2, 0.25) is 0 Å². The summed E-state index contributed by atoms with van der Waals surface area (Å²) >= 11 is 0. The number of aromatic nitrogens is 1. The molecule has 0 aromatic carbocycles. The molecule has 1 aromatic heterocycles. The number of pyridine rings is 1. The van der Waals surface area contributed by atoms with E-state index in [9.17, 15) is 4.79 Å². The van der Waals surface area contributed by atoms with Crippen LogP contribution in [0.1, 0.15) is 0 Å². The van der Waals surface area contributed by atoms with E-state index in [1.165, 1.54) is 6.07 Å². The highest BCUT2D eigenvalue weighted by Gasteiger charge is 2.17. The van der Waals surface area contributed by atoms with Crippen LogP contribution in [0.2, 0.25) is 0 Å². The number of allylic oxidation sites excluding steroid dienone is 2. The van der Waals surface area contributed by atoms with Gasteiger partial charge in [-0.1, -0.05) is 13.2 Å². The van der Waals surface area contributed by atoms with Crippen molar-refractivity contribution in [2.75, 3.05) is 20.3 Å². The fourth-order valence-corrected chi connectivity index (χ4v) is 2.04. The minimum Gasteiger partial charge on any atom is -0.497 e. The molecule has 1 aliphatic rings. The molecule has 0 bridgehead atoms. The SMILES string of the molecule is C=C/C(=C\C=c1\ccc(=O)n(CC2OCCO2)c1=C)OC. The van der Waals surface area contributed by atoms with Gasteiger partial charge in [-0.3, -0.25) is 4.79 Å². The largest absolute Gasteiger partial charge is 0.497 e. The van der Waals surface area contributed by atoms with Crippen molar-refractivity contribution in [2.45, 2.75) is 12.8 Å². The minimum absolute atomic E-state index is 0.129. The molecule has 5 heteroatoms. The van der Waals surface area contributed by atoms with Gasteiger partial charge in [0.05, 0.1) is 26.9 Å². The average molecular weight is 289 g/mol. The molecule has 1 fully saturated rings. The average Bonchev–Trinajstić information content (AvgIpc) is 2.99. The number of hydrogen-bond acceptors (Lipinski definition) is 4. The van der Waals surface area contributed by atoms with Crippen LogP contribution in [0.3, 0.4) is 0 Å². The third-order valence-corrected chi connectivity index (χ3v) is 3.22. The second kappa shape index (κ2) is 7.06. The zero-order chi connectivity index (χ0) is 15.2. The smallest absolute Gasteiger partial charge is 0.251 e. The van der Waals surface area contributed by atoms with E-state index in [1.54, 1.807) is 29.9 Å². The van der Waals surface area contributed by atoms with Crippen LogP contribution in [-0.2, 0) is 20.8 Å². The number of rotatable bonds is 5. The maximum absolute atomic E-state index is 12.0. The maximum Gasteiger partial charge on any atom is 0.251 e. The van der Waals surface area contributed by atoms with Gasteiger partial charge in [-0.15, -0.1) is 0 Å². The van der Waals surface area contributed by atoms with Crippen LogP contribution >= 0.6 is 0 Å². The van der Waals surface area contributed by atoms with E-state index in [1.807, 2.05) is 6.08 Å². The third kappa shape index (κ3) is 3.71. The van der Waals surface area contributed by atoms with Crippen molar-refractivity contribution in [3.63, 3.8) is 0 Å².